The van der Waals surface area contributed by atoms with E-state index in [-0.39, 0.29) is 29.7 Å². The van der Waals surface area contributed by atoms with Gasteiger partial charge in [0.1, 0.15) is 10.8 Å². The lowest BCUT2D eigenvalue weighted by Crippen LogP contribution is -2.22. The zero-order chi connectivity index (χ0) is 23.8. The van der Waals surface area contributed by atoms with Gasteiger partial charge >= 0.3 is 5.97 Å². The number of thiophene rings is 1. The first-order chi connectivity index (χ1) is 15.9. The lowest BCUT2D eigenvalue weighted by atomic mass is 10.1. The number of amides is 2. The molecule has 8 heteroatoms. The Morgan fingerprint density at radius 3 is 2.36 bits per heavy atom. The maximum atomic E-state index is 12.8. The number of carbonyl (C=O) groups excluding carboxylic acids is 3. The summed E-state index contributed by atoms with van der Waals surface area (Å²) in [5, 5.41) is 5.82. The first-order valence-corrected chi connectivity index (χ1v) is 11.3. The predicted octanol–water partition coefficient (Wildman–Crippen LogP) is 4.49. The van der Waals surface area contributed by atoms with Gasteiger partial charge in [-0.25, -0.2) is 4.79 Å². The fourth-order valence-corrected chi connectivity index (χ4v) is 4.28. The van der Waals surface area contributed by atoms with Gasteiger partial charge in [-0.3, -0.25) is 9.59 Å². The number of benzene rings is 2. The summed E-state index contributed by atoms with van der Waals surface area (Å²) in [4.78, 5) is 38.3. The van der Waals surface area contributed by atoms with Crippen molar-refractivity contribution < 1.29 is 23.9 Å². The number of ether oxygens (including phenoxy) is 2. The molecule has 2 N–H and O–H groups in total. The molecule has 2 amide bonds. The average molecular weight is 467 g/mol. The Labute approximate surface area is 196 Å². The van der Waals surface area contributed by atoms with Crippen molar-refractivity contribution in [3.05, 3.63) is 81.7 Å². The summed E-state index contributed by atoms with van der Waals surface area (Å²) in [6.45, 7) is 5.53. The van der Waals surface area contributed by atoms with Crippen LogP contribution in [0.4, 0.5) is 5.00 Å². The van der Waals surface area contributed by atoms with Crippen LogP contribution in [0.1, 0.15) is 43.6 Å². The van der Waals surface area contributed by atoms with E-state index in [2.05, 4.69) is 10.6 Å². The third kappa shape index (κ3) is 6.20. The third-order valence-corrected chi connectivity index (χ3v) is 6.04. The maximum absolute atomic E-state index is 12.8. The SMILES string of the molecule is CCOC(=O)c1c(NC(=O)COc2ccccc2C)sc(C(=O)NCc2ccccc2)c1C. The van der Waals surface area contributed by atoms with Crippen molar-refractivity contribution in [1.82, 2.24) is 5.32 Å². The Balaban J connectivity index is 1.76. The fraction of sp³-hybridized carbons (Fsp3) is 0.240. The summed E-state index contributed by atoms with van der Waals surface area (Å²) in [6.07, 6.45) is 0. The van der Waals surface area contributed by atoms with Crippen LogP contribution in [0.2, 0.25) is 0 Å². The van der Waals surface area contributed by atoms with Gasteiger partial charge in [0, 0.05) is 6.54 Å². The van der Waals surface area contributed by atoms with Crippen molar-refractivity contribution in [2.75, 3.05) is 18.5 Å². The number of hydrogen-bond donors (Lipinski definition) is 2. The molecular formula is C25H26N2O5S. The van der Waals surface area contributed by atoms with Gasteiger partial charge in [0.05, 0.1) is 17.0 Å². The summed E-state index contributed by atoms with van der Waals surface area (Å²) < 4.78 is 10.7. The molecule has 3 rings (SSSR count). The first-order valence-electron chi connectivity index (χ1n) is 10.5. The number of para-hydroxylation sites is 1. The molecule has 1 aromatic heterocycles. The van der Waals surface area contributed by atoms with Crippen LogP contribution in [-0.4, -0.2) is 31.0 Å². The number of anilines is 1. The molecule has 0 radical (unpaired) electrons. The largest absolute Gasteiger partial charge is 0.483 e. The second-order valence-electron chi connectivity index (χ2n) is 7.25. The smallest absolute Gasteiger partial charge is 0.341 e. The standard InChI is InChI=1S/C25H26N2O5S/c1-4-31-25(30)21-17(3)22(23(29)26-14-18-11-6-5-7-12-18)33-24(21)27-20(28)15-32-19-13-9-8-10-16(19)2/h5-13H,4,14-15H2,1-3H3,(H,26,29)(H,27,28). The Kier molecular flexibility index (Phi) is 8.21. The Bertz CT molecular complexity index is 1140. The minimum atomic E-state index is -0.594. The number of esters is 1. The van der Waals surface area contributed by atoms with Crippen molar-refractivity contribution in [2.24, 2.45) is 0 Å². The molecule has 0 saturated heterocycles. The van der Waals surface area contributed by atoms with Crippen LogP contribution in [0.3, 0.4) is 0 Å². The van der Waals surface area contributed by atoms with E-state index in [0.717, 1.165) is 22.5 Å². The van der Waals surface area contributed by atoms with Gasteiger partial charge in [-0.15, -0.1) is 11.3 Å². The number of nitrogens with one attached hydrogen (secondary N) is 2. The molecule has 3 aromatic rings. The molecule has 0 unspecified atom stereocenters. The van der Waals surface area contributed by atoms with E-state index in [1.807, 2.05) is 55.5 Å². The highest BCUT2D eigenvalue weighted by Gasteiger charge is 2.26. The predicted molar refractivity (Wildman–Crippen MR) is 128 cm³/mol. The molecule has 0 aliphatic rings. The maximum Gasteiger partial charge on any atom is 0.341 e. The van der Waals surface area contributed by atoms with E-state index in [1.54, 1.807) is 19.9 Å². The zero-order valence-corrected chi connectivity index (χ0v) is 19.6. The topological polar surface area (TPSA) is 93.7 Å². The van der Waals surface area contributed by atoms with Gasteiger partial charge < -0.3 is 20.1 Å². The summed E-state index contributed by atoms with van der Waals surface area (Å²) in [7, 11) is 0. The highest BCUT2D eigenvalue weighted by molar-refractivity contribution is 7.18. The molecule has 172 valence electrons. The highest BCUT2D eigenvalue weighted by atomic mass is 32.1. The van der Waals surface area contributed by atoms with E-state index >= 15 is 0 Å². The quantitative estimate of drug-likeness (QED) is 0.453. The fourth-order valence-electron chi connectivity index (χ4n) is 3.15. The van der Waals surface area contributed by atoms with Gasteiger partial charge in [0.15, 0.2) is 6.61 Å². The summed E-state index contributed by atoms with van der Waals surface area (Å²) >= 11 is 1.04. The van der Waals surface area contributed by atoms with Crippen LogP contribution >= 0.6 is 11.3 Å². The van der Waals surface area contributed by atoms with Gasteiger partial charge in [-0.05, 0) is 43.5 Å². The van der Waals surface area contributed by atoms with E-state index in [1.165, 1.54) is 0 Å². The Morgan fingerprint density at radius 1 is 0.970 bits per heavy atom. The number of hydrogen-bond acceptors (Lipinski definition) is 6. The van der Waals surface area contributed by atoms with Crippen molar-refractivity contribution in [3.8, 4) is 5.75 Å². The van der Waals surface area contributed by atoms with Crippen LogP contribution in [-0.2, 0) is 16.1 Å². The number of carbonyl (C=O) groups is 3. The Morgan fingerprint density at radius 2 is 1.67 bits per heavy atom. The molecule has 0 atom stereocenters. The van der Waals surface area contributed by atoms with E-state index in [4.69, 9.17) is 9.47 Å². The molecule has 0 spiro atoms. The Hall–Kier alpha value is -3.65. The van der Waals surface area contributed by atoms with Gasteiger partial charge in [0.2, 0.25) is 0 Å². The minimum Gasteiger partial charge on any atom is -0.483 e. The van der Waals surface area contributed by atoms with Crippen LogP contribution in [0.25, 0.3) is 0 Å². The van der Waals surface area contributed by atoms with E-state index < -0.39 is 11.9 Å². The molecule has 33 heavy (non-hydrogen) atoms. The third-order valence-electron chi connectivity index (χ3n) is 4.83. The first kappa shape index (κ1) is 24.0. The summed E-state index contributed by atoms with van der Waals surface area (Å²) in [5.41, 5.74) is 2.49. The lowest BCUT2D eigenvalue weighted by molar-refractivity contribution is -0.118. The van der Waals surface area contributed by atoms with Gasteiger partial charge in [-0.2, -0.15) is 0 Å². The number of aryl methyl sites for hydroxylation is 1. The van der Waals surface area contributed by atoms with E-state index in [0.29, 0.717) is 22.7 Å². The lowest BCUT2D eigenvalue weighted by Gasteiger charge is -2.10. The van der Waals surface area contributed by atoms with E-state index in [9.17, 15) is 14.4 Å². The average Bonchev–Trinajstić information content (AvgIpc) is 3.13. The van der Waals surface area contributed by atoms with Crippen LogP contribution in [0.15, 0.2) is 54.6 Å². The van der Waals surface area contributed by atoms with Crippen molar-refractivity contribution in [3.63, 3.8) is 0 Å². The second-order valence-corrected chi connectivity index (χ2v) is 8.27. The summed E-state index contributed by atoms with van der Waals surface area (Å²) in [6, 6.07) is 16.9. The molecule has 1 heterocycles. The molecule has 0 saturated carbocycles. The molecular weight excluding hydrogens is 440 g/mol. The highest BCUT2D eigenvalue weighted by Crippen LogP contribution is 2.34. The zero-order valence-electron chi connectivity index (χ0n) is 18.8. The van der Waals surface area contributed by atoms with Crippen molar-refractivity contribution in [2.45, 2.75) is 27.3 Å². The second kappa shape index (κ2) is 11.3. The monoisotopic (exact) mass is 466 g/mol. The molecule has 0 aliphatic carbocycles. The molecule has 2 aromatic carbocycles. The molecule has 0 bridgehead atoms. The minimum absolute atomic E-state index is 0.174. The van der Waals surface area contributed by atoms with Crippen LogP contribution < -0.4 is 15.4 Å². The number of rotatable bonds is 9. The molecule has 0 aliphatic heterocycles. The van der Waals surface area contributed by atoms with Crippen LogP contribution in [0.5, 0.6) is 5.75 Å². The van der Waals surface area contributed by atoms with Crippen molar-refractivity contribution >= 4 is 34.1 Å². The van der Waals surface area contributed by atoms with Crippen LogP contribution in [0, 0.1) is 13.8 Å². The van der Waals surface area contributed by atoms with Crippen molar-refractivity contribution in [1.29, 1.82) is 0 Å². The van der Waals surface area contributed by atoms with Gasteiger partial charge in [-0.1, -0.05) is 48.5 Å². The molecule has 7 nitrogen and oxygen atoms in total. The van der Waals surface area contributed by atoms with Gasteiger partial charge in [0.25, 0.3) is 11.8 Å². The summed E-state index contributed by atoms with van der Waals surface area (Å²) in [5.74, 6) is -0.769. The molecule has 0 fully saturated rings. The normalized spacial score (nSPS) is 10.4.